The third-order valence-electron chi connectivity index (χ3n) is 3.26. The Labute approximate surface area is 116 Å². The molecule has 0 amide bonds. The summed E-state index contributed by atoms with van der Waals surface area (Å²) in [5.74, 6) is 0.413. The van der Waals surface area contributed by atoms with Crippen molar-refractivity contribution in [3.05, 3.63) is 34.9 Å². The van der Waals surface area contributed by atoms with Crippen LogP contribution in [0.15, 0.2) is 23.8 Å². The molecule has 2 nitrogen and oxygen atoms in total. The van der Waals surface area contributed by atoms with Gasteiger partial charge >= 0.3 is 0 Å². The fraction of sp³-hybridized carbons (Fsp3) is 0.471. The predicted molar refractivity (Wildman–Crippen MR) is 80.2 cm³/mol. The average molecular weight is 260 g/mol. The van der Waals surface area contributed by atoms with Crippen LogP contribution in [0, 0.1) is 12.8 Å². The lowest BCUT2D eigenvalue weighted by molar-refractivity contribution is -0.118. The molecule has 0 radical (unpaired) electrons. The number of unbranched alkanes of at least 4 members (excludes halogenated alkanes) is 1. The minimum absolute atomic E-state index is 0.00531. The number of phenols is 1. The van der Waals surface area contributed by atoms with E-state index in [9.17, 15) is 9.90 Å². The Hall–Kier alpha value is -1.57. The normalized spacial score (nSPS) is 11.9. The van der Waals surface area contributed by atoms with Crippen molar-refractivity contribution in [2.75, 3.05) is 0 Å². The van der Waals surface area contributed by atoms with Crippen LogP contribution >= 0.6 is 0 Å². The maximum absolute atomic E-state index is 12.2. The highest BCUT2D eigenvalue weighted by atomic mass is 16.3. The first-order valence-electron chi connectivity index (χ1n) is 7.00. The fourth-order valence-corrected chi connectivity index (χ4v) is 2.03. The summed E-state index contributed by atoms with van der Waals surface area (Å²) in [6.07, 6.45) is 4.70. The average Bonchev–Trinajstić information content (AvgIpc) is 2.36. The molecule has 0 aliphatic rings. The van der Waals surface area contributed by atoms with Gasteiger partial charge in [0.25, 0.3) is 0 Å². The van der Waals surface area contributed by atoms with Crippen molar-refractivity contribution in [2.45, 2.75) is 47.0 Å². The number of hydrogen-bond donors (Lipinski definition) is 1. The Balaban J connectivity index is 3.15. The lowest BCUT2D eigenvalue weighted by Gasteiger charge is -2.11. The van der Waals surface area contributed by atoms with Crippen molar-refractivity contribution in [1.29, 1.82) is 0 Å². The third kappa shape index (κ3) is 4.23. The van der Waals surface area contributed by atoms with Gasteiger partial charge in [0.05, 0.1) is 0 Å². The van der Waals surface area contributed by atoms with Crippen LogP contribution in [0.2, 0.25) is 0 Å². The van der Waals surface area contributed by atoms with Gasteiger partial charge in [-0.05, 0) is 43.0 Å². The quantitative estimate of drug-likeness (QED) is 0.765. The zero-order valence-corrected chi connectivity index (χ0v) is 12.4. The zero-order valence-electron chi connectivity index (χ0n) is 12.4. The van der Waals surface area contributed by atoms with Crippen LogP contribution < -0.4 is 0 Å². The largest absolute Gasteiger partial charge is 0.507 e. The second-order valence-corrected chi connectivity index (χ2v) is 5.30. The van der Waals surface area contributed by atoms with E-state index in [-0.39, 0.29) is 17.5 Å². The smallest absolute Gasteiger partial charge is 0.161 e. The van der Waals surface area contributed by atoms with Crippen LogP contribution in [0.1, 0.15) is 51.2 Å². The highest BCUT2D eigenvalue weighted by Crippen LogP contribution is 2.26. The number of Topliss-reactive ketones (excluding diaryl/α,β-unsaturated/α-hetero) is 1. The van der Waals surface area contributed by atoms with Crippen LogP contribution in [-0.4, -0.2) is 10.9 Å². The summed E-state index contributed by atoms with van der Waals surface area (Å²) in [5, 5.41) is 9.93. The molecule has 2 heteroatoms. The SMILES string of the molecule is CCCC/C(=C\c1c(C)cccc1O)C(=O)C(C)C. The fourth-order valence-electron chi connectivity index (χ4n) is 2.03. The van der Waals surface area contributed by atoms with E-state index in [1.807, 2.05) is 39.0 Å². The van der Waals surface area contributed by atoms with Crippen molar-refractivity contribution in [2.24, 2.45) is 5.92 Å². The van der Waals surface area contributed by atoms with Gasteiger partial charge in [0, 0.05) is 11.5 Å². The van der Waals surface area contributed by atoms with Crippen LogP contribution in [0.3, 0.4) is 0 Å². The van der Waals surface area contributed by atoms with E-state index in [2.05, 4.69) is 6.92 Å². The molecule has 104 valence electrons. The predicted octanol–water partition coefficient (Wildman–Crippen LogP) is 4.50. The molecular weight excluding hydrogens is 236 g/mol. The molecule has 1 rings (SSSR count). The minimum Gasteiger partial charge on any atom is -0.507 e. The first-order valence-corrected chi connectivity index (χ1v) is 7.00. The topological polar surface area (TPSA) is 37.3 Å². The molecule has 0 aliphatic heterocycles. The van der Waals surface area contributed by atoms with E-state index in [4.69, 9.17) is 0 Å². The van der Waals surface area contributed by atoms with Gasteiger partial charge < -0.3 is 5.11 Å². The van der Waals surface area contributed by atoms with Crippen molar-refractivity contribution in [3.63, 3.8) is 0 Å². The van der Waals surface area contributed by atoms with E-state index in [0.29, 0.717) is 0 Å². The molecule has 0 saturated heterocycles. The molecule has 19 heavy (non-hydrogen) atoms. The second-order valence-electron chi connectivity index (χ2n) is 5.30. The van der Waals surface area contributed by atoms with Gasteiger partial charge in [-0.1, -0.05) is 39.3 Å². The number of aromatic hydroxyl groups is 1. The molecule has 1 aromatic carbocycles. The van der Waals surface area contributed by atoms with Gasteiger partial charge in [-0.15, -0.1) is 0 Å². The summed E-state index contributed by atoms with van der Waals surface area (Å²) < 4.78 is 0. The van der Waals surface area contributed by atoms with Gasteiger partial charge in [0.2, 0.25) is 0 Å². The van der Waals surface area contributed by atoms with E-state index in [1.165, 1.54) is 0 Å². The van der Waals surface area contributed by atoms with Crippen molar-refractivity contribution in [1.82, 2.24) is 0 Å². The first kappa shape index (κ1) is 15.5. The molecule has 0 saturated carbocycles. The Bertz CT molecular complexity index is 450. The van der Waals surface area contributed by atoms with Crippen LogP contribution in [-0.2, 0) is 4.79 Å². The molecule has 0 fully saturated rings. The van der Waals surface area contributed by atoms with Gasteiger partial charge in [-0.25, -0.2) is 0 Å². The molecule has 0 aromatic heterocycles. The molecule has 0 heterocycles. The monoisotopic (exact) mass is 260 g/mol. The van der Waals surface area contributed by atoms with E-state index in [0.717, 1.165) is 36.0 Å². The summed E-state index contributed by atoms with van der Waals surface area (Å²) in [6, 6.07) is 5.43. The molecule has 0 bridgehead atoms. The van der Waals surface area contributed by atoms with Crippen LogP contribution in [0.25, 0.3) is 6.08 Å². The molecule has 1 aromatic rings. The lowest BCUT2D eigenvalue weighted by Crippen LogP contribution is -2.10. The molecular formula is C17H24O2. The summed E-state index contributed by atoms with van der Waals surface area (Å²) in [6.45, 7) is 7.89. The molecule has 0 spiro atoms. The molecule has 0 atom stereocenters. The van der Waals surface area contributed by atoms with E-state index >= 15 is 0 Å². The van der Waals surface area contributed by atoms with Gasteiger partial charge in [0.1, 0.15) is 5.75 Å². The molecule has 1 N–H and O–H groups in total. The Morgan fingerprint density at radius 3 is 2.58 bits per heavy atom. The van der Waals surface area contributed by atoms with E-state index in [1.54, 1.807) is 6.07 Å². The Morgan fingerprint density at radius 2 is 2.05 bits per heavy atom. The highest BCUT2D eigenvalue weighted by Gasteiger charge is 2.14. The maximum Gasteiger partial charge on any atom is 0.161 e. The van der Waals surface area contributed by atoms with Crippen molar-refractivity contribution in [3.8, 4) is 5.75 Å². The number of carbonyl (C=O) groups is 1. The Kier molecular flexibility index (Phi) is 5.81. The molecule has 0 unspecified atom stereocenters. The summed E-state index contributed by atoms with van der Waals surface area (Å²) >= 11 is 0. The highest BCUT2D eigenvalue weighted by molar-refractivity contribution is 6.01. The Morgan fingerprint density at radius 1 is 1.37 bits per heavy atom. The summed E-state index contributed by atoms with van der Waals surface area (Å²) in [5.41, 5.74) is 2.58. The van der Waals surface area contributed by atoms with Crippen molar-refractivity contribution < 1.29 is 9.90 Å². The van der Waals surface area contributed by atoms with E-state index < -0.39 is 0 Å². The second kappa shape index (κ2) is 7.13. The number of benzene rings is 1. The van der Waals surface area contributed by atoms with Gasteiger partial charge in [0.15, 0.2) is 5.78 Å². The minimum atomic E-state index is -0.00531. The van der Waals surface area contributed by atoms with Crippen LogP contribution in [0.5, 0.6) is 5.75 Å². The zero-order chi connectivity index (χ0) is 14.4. The number of ketones is 1. The van der Waals surface area contributed by atoms with Crippen molar-refractivity contribution >= 4 is 11.9 Å². The third-order valence-corrected chi connectivity index (χ3v) is 3.26. The summed E-state index contributed by atoms with van der Waals surface area (Å²) in [4.78, 5) is 12.2. The van der Waals surface area contributed by atoms with Crippen LogP contribution in [0.4, 0.5) is 0 Å². The number of rotatable bonds is 6. The number of hydrogen-bond acceptors (Lipinski definition) is 2. The number of carbonyl (C=O) groups excluding carboxylic acids is 1. The number of allylic oxidation sites excluding steroid dienone is 1. The summed E-state index contributed by atoms with van der Waals surface area (Å²) in [7, 11) is 0. The number of phenolic OH excluding ortho intramolecular Hbond substituents is 1. The molecule has 0 aliphatic carbocycles. The lowest BCUT2D eigenvalue weighted by atomic mass is 9.93. The standard InChI is InChI=1S/C17H24O2/c1-5-6-9-14(17(19)12(2)3)11-15-13(4)8-7-10-16(15)18/h7-8,10-12,18H,5-6,9H2,1-4H3/b14-11+. The first-order chi connectivity index (χ1) is 8.97. The maximum atomic E-state index is 12.2. The van der Waals surface area contributed by atoms with Gasteiger partial charge in [-0.3, -0.25) is 4.79 Å². The number of aryl methyl sites for hydroxylation is 1. The van der Waals surface area contributed by atoms with Gasteiger partial charge in [-0.2, -0.15) is 0 Å².